The van der Waals surface area contributed by atoms with E-state index in [0.717, 1.165) is 44.0 Å². The topological polar surface area (TPSA) is 50.3 Å². The fourth-order valence-electron chi connectivity index (χ4n) is 4.35. The third-order valence-electron chi connectivity index (χ3n) is 5.94. The van der Waals surface area contributed by atoms with Crippen molar-refractivity contribution in [2.45, 2.75) is 52.0 Å². The molecule has 1 atom stereocenters. The molecule has 0 aliphatic carbocycles. The van der Waals surface area contributed by atoms with Crippen LogP contribution in [0.5, 0.6) is 0 Å². The van der Waals surface area contributed by atoms with Crippen molar-refractivity contribution in [1.82, 2.24) is 24.6 Å². The number of fused-ring (bicyclic) bond motifs is 1. The molecule has 0 bridgehead atoms. The molecule has 2 aliphatic heterocycles. The maximum absolute atomic E-state index is 5.69. The van der Waals surface area contributed by atoms with Crippen LogP contribution in [0.2, 0.25) is 0 Å². The maximum Gasteiger partial charge on any atom is 0.226 e. The number of hydrogen-bond donors (Lipinski definition) is 0. The molecule has 2 aromatic heterocycles. The van der Waals surface area contributed by atoms with Gasteiger partial charge in [-0.1, -0.05) is 18.2 Å². The predicted octanol–water partition coefficient (Wildman–Crippen LogP) is 3.54. The highest BCUT2D eigenvalue weighted by Crippen LogP contribution is 2.22. The fraction of sp³-hybridized carbons (Fsp3) is 0.455. The number of aromatic nitrogens is 3. The Morgan fingerprint density at radius 2 is 1.96 bits per heavy atom. The van der Waals surface area contributed by atoms with Gasteiger partial charge in [-0.05, 0) is 44.5 Å². The van der Waals surface area contributed by atoms with Crippen LogP contribution in [0.1, 0.15) is 36.8 Å². The van der Waals surface area contributed by atoms with E-state index < -0.39 is 0 Å². The Hall–Kier alpha value is -2.44. The second-order valence-electron chi connectivity index (χ2n) is 8.03. The summed E-state index contributed by atoms with van der Waals surface area (Å²) < 4.78 is 7.87. The van der Waals surface area contributed by atoms with Crippen molar-refractivity contribution in [1.29, 1.82) is 0 Å². The molecule has 3 aromatic rings. The minimum Gasteiger partial charge on any atom is -0.444 e. The van der Waals surface area contributed by atoms with E-state index in [4.69, 9.17) is 9.52 Å². The molecular weight excluding hydrogens is 350 g/mol. The van der Waals surface area contributed by atoms with Gasteiger partial charge in [-0.3, -0.25) is 14.5 Å². The molecule has 6 nitrogen and oxygen atoms in total. The summed E-state index contributed by atoms with van der Waals surface area (Å²) in [5.74, 6) is 0.694. The SMILES string of the molecule is C[C@@H]1CCCN1Cc1cc2n(n1)CCN(Cc1coc(-c3ccccc3)n1)C2. The number of likely N-dealkylation sites (tertiary alicyclic amines) is 1. The summed E-state index contributed by atoms with van der Waals surface area (Å²) in [4.78, 5) is 9.65. The minimum absolute atomic E-state index is 0.682. The van der Waals surface area contributed by atoms with Crippen LogP contribution in [0, 0.1) is 0 Å². The van der Waals surface area contributed by atoms with Crippen LogP contribution >= 0.6 is 0 Å². The van der Waals surface area contributed by atoms with E-state index in [2.05, 4.69) is 32.5 Å². The van der Waals surface area contributed by atoms with Crippen molar-refractivity contribution in [3.8, 4) is 11.5 Å². The van der Waals surface area contributed by atoms with E-state index in [0.29, 0.717) is 11.9 Å². The molecule has 0 radical (unpaired) electrons. The van der Waals surface area contributed by atoms with Crippen LogP contribution in [0.3, 0.4) is 0 Å². The first-order chi connectivity index (χ1) is 13.7. The number of hydrogen-bond acceptors (Lipinski definition) is 5. The Morgan fingerprint density at radius 3 is 2.79 bits per heavy atom. The molecule has 146 valence electrons. The van der Waals surface area contributed by atoms with E-state index in [-0.39, 0.29) is 0 Å². The zero-order valence-corrected chi connectivity index (χ0v) is 16.4. The van der Waals surface area contributed by atoms with Gasteiger partial charge in [-0.2, -0.15) is 5.10 Å². The molecule has 1 aromatic carbocycles. The summed E-state index contributed by atoms with van der Waals surface area (Å²) in [6, 6.07) is 13.0. The monoisotopic (exact) mass is 377 g/mol. The fourth-order valence-corrected chi connectivity index (χ4v) is 4.35. The third-order valence-corrected chi connectivity index (χ3v) is 5.94. The van der Waals surface area contributed by atoms with Crippen molar-refractivity contribution in [2.75, 3.05) is 13.1 Å². The van der Waals surface area contributed by atoms with Crippen LogP contribution in [-0.2, 0) is 26.2 Å². The average Bonchev–Trinajstić information content (AvgIpc) is 3.43. The van der Waals surface area contributed by atoms with Crippen molar-refractivity contribution < 1.29 is 4.42 Å². The first kappa shape index (κ1) is 17.6. The van der Waals surface area contributed by atoms with E-state index in [1.807, 2.05) is 30.3 Å². The molecule has 1 fully saturated rings. The second-order valence-corrected chi connectivity index (χ2v) is 8.03. The summed E-state index contributed by atoms with van der Waals surface area (Å²) in [6.45, 7) is 8.15. The lowest BCUT2D eigenvalue weighted by Crippen LogP contribution is -2.33. The summed E-state index contributed by atoms with van der Waals surface area (Å²) >= 11 is 0. The molecule has 6 heteroatoms. The molecule has 2 aliphatic rings. The molecule has 4 heterocycles. The van der Waals surface area contributed by atoms with Gasteiger partial charge in [0.1, 0.15) is 6.26 Å². The quantitative estimate of drug-likeness (QED) is 0.681. The van der Waals surface area contributed by atoms with Crippen molar-refractivity contribution in [3.63, 3.8) is 0 Å². The van der Waals surface area contributed by atoms with Gasteiger partial charge in [-0.15, -0.1) is 0 Å². The highest BCUT2D eigenvalue weighted by Gasteiger charge is 2.24. The molecule has 0 spiro atoms. The highest BCUT2D eigenvalue weighted by atomic mass is 16.3. The molecule has 0 amide bonds. The van der Waals surface area contributed by atoms with Crippen LogP contribution in [0.4, 0.5) is 0 Å². The van der Waals surface area contributed by atoms with E-state index >= 15 is 0 Å². The molecule has 0 unspecified atom stereocenters. The Bertz CT molecular complexity index is 932. The molecule has 0 saturated carbocycles. The lowest BCUT2D eigenvalue weighted by Gasteiger charge is -2.26. The van der Waals surface area contributed by atoms with Crippen molar-refractivity contribution in [3.05, 3.63) is 59.7 Å². The molecular formula is C22H27N5O. The lowest BCUT2D eigenvalue weighted by molar-refractivity contribution is 0.202. The van der Waals surface area contributed by atoms with Gasteiger partial charge < -0.3 is 4.42 Å². The molecule has 1 saturated heterocycles. The average molecular weight is 377 g/mol. The maximum atomic E-state index is 5.69. The van der Waals surface area contributed by atoms with Gasteiger partial charge in [-0.25, -0.2) is 4.98 Å². The molecule has 5 rings (SSSR count). The Morgan fingerprint density at radius 1 is 1.07 bits per heavy atom. The van der Waals surface area contributed by atoms with Gasteiger partial charge in [0.15, 0.2) is 0 Å². The standard InChI is InChI=1S/C22H27N5O/c1-17-6-5-9-26(17)14-19-12-21-15-25(10-11-27(21)24-19)13-20-16-28-22(23-20)18-7-3-2-4-8-18/h2-4,7-8,12,16-17H,5-6,9-11,13-15H2,1H3/t17-/m1/s1. The Balaban J connectivity index is 1.23. The van der Waals surface area contributed by atoms with E-state index in [1.54, 1.807) is 6.26 Å². The van der Waals surface area contributed by atoms with E-state index in [1.165, 1.54) is 30.8 Å². The Kier molecular flexibility index (Phi) is 4.74. The number of nitrogens with zero attached hydrogens (tertiary/aromatic N) is 5. The zero-order chi connectivity index (χ0) is 18.9. The number of rotatable bonds is 5. The van der Waals surface area contributed by atoms with Gasteiger partial charge in [0.25, 0.3) is 0 Å². The van der Waals surface area contributed by atoms with Crippen molar-refractivity contribution in [2.24, 2.45) is 0 Å². The van der Waals surface area contributed by atoms with Crippen molar-refractivity contribution >= 4 is 0 Å². The third kappa shape index (κ3) is 3.62. The minimum atomic E-state index is 0.682. The predicted molar refractivity (Wildman–Crippen MR) is 107 cm³/mol. The summed E-state index contributed by atoms with van der Waals surface area (Å²) in [5.41, 5.74) is 4.52. The Labute approximate surface area is 165 Å². The molecule has 28 heavy (non-hydrogen) atoms. The van der Waals surface area contributed by atoms with Gasteiger partial charge >= 0.3 is 0 Å². The summed E-state index contributed by atoms with van der Waals surface area (Å²) in [7, 11) is 0. The lowest BCUT2D eigenvalue weighted by atomic mass is 10.2. The van der Waals surface area contributed by atoms with Gasteiger partial charge in [0, 0.05) is 37.8 Å². The number of oxazole rings is 1. The van der Waals surface area contributed by atoms with Crippen LogP contribution in [0.15, 0.2) is 47.1 Å². The normalized spacial score (nSPS) is 20.5. The second kappa shape index (κ2) is 7.53. The summed E-state index contributed by atoms with van der Waals surface area (Å²) in [6.07, 6.45) is 4.41. The van der Waals surface area contributed by atoms with Gasteiger partial charge in [0.05, 0.1) is 23.6 Å². The highest BCUT2D eigenvalue weighted by molar-refractivity contribution is 5.52. The van der Waals surface area contributed by atoms with Crippen LogP contribution in [-0.4, -0.2) is 43.7 Å². The smallest absolute Gasteiger partial charge is 0.226 e. The van der Waals surface area contributed by atoms with Gasteiger partial charge in [0.2, 0.25) is 5.89 Å². The van der Waals surface area contributed by atoms with Crippen LogP contribution < -0.4 is 0 Å². The van der Waals surface area contributed by atoms with E-state index in [9.17, 15) is 0 Å². The zero-order valence-electron chi connectivity index (χ0n) is 16.4. The summed E-state index contributed by atoms with van der Waals surface area (Å²) in [5, 5.41) is 4.85. The first-order valence-corrected chi connectivity index (χ1v) is 10.3. The van der Waals surface area contributed by atoms with Crippen LogP contribution in [0.25, 0.3) is 11.5 Å². The largest absolute Gasteiger partial charge is 0.444 e. The molecule has 0 N–H and O–H groups in total. The number of benzene rings is 1. The first-order valence-electron chi connectivity index (χ1n) is 10.3.